The molecule has 1 atom stereocenters. The van der Waals surface area contributed by atoms with Crippen LogP contribution < -0.4 is 0 Å². The van der Waals surface area contributed by atoms with Crippen molar-refractivity contribution in [3.63, 3.8) is 0 Å². The molecule has 0 spiro atoms. The van der Waals surface area contributed by atoms with Gasteiger partial charge in [-0.1, -0.05) is 68.9 Å². The molecule has 112 valence electrons. The van der Waals surface area contributed by atoms with Crippen molar-refractivity contribution in [1.82, 2.24) is 0 Å². The zero-order chi connectivity index (χ0) is 14.8. The molecular weight excluding hydrogens is 268 g/mol. The Kier molecular flexibility index (Phi) is 8.60. The van der Waals surface area contributed by atoms with Crippen molar-refractivity contribution >= 4 is 17.4 Å². The summed E-state index contributed by atoms with van der Waals surface area (Å²) in [7, 11) is 0. The lowest BCUT2D eigenvalue weighted by Gasteiger charge is -2.15. The van der Waals surface area contributed by atoms with Crippen LogP contribution in [0.3, 0.4) is 0 Å². The van der Waals surface area contributed by atoms with E-state index in [9.17, 15) is 4.79 Å². The Labute approximate surface area is 128 Å². The lowest BCUT2D eigenvalue weighted by molar-refractivity contribution is -0.120. The predicted molar refractivity (Wildman–Crippen MR) is 87.5 cm³/mol. The summed E-state index contributed by atoms with van der Waals surface area (Å²) in [6.07, 6.45) is 8.01. The van der Waals surface area contributed by atoms with E-state index < -0.39 is 0 Å². The van der Waals surface area contributed by atoms with Crippen LogP contribution in [-0.2, 0) is 11.2 Å². The van der Waals surface area contributed by atoms with Crippen molar-refractivity contribution in [2.75, 3.05) is 5.88 Å². The van der Waals surface area contributed by atoms with Gasteiger partial charge in [-0.3, -0.25) is 4.79 Å². The number of halogens is 1. The second kappa shape index (κ2) is 9.99. The fraction of sp³-hybridized carbons (Fsp3) is 0.611. The molecule has 1 unspecified atom stereocenters. The number of carbonyl (C=O) groups excluding carboxylic acids is 1. The summed E-state index contributed by atoms with van der Waals surface area (Å²) >= 11 is 5.76. The number of hydrogen-bond acceptors (Lipinski definition) is 1. The summed E-state index contributed by atoms with van der Waals surface area (Å²) in [5.74, 6) is 0.436. The zero-order valence-electron chi connectivity index (χ0n) is 12.8. The Hall–Kier alpha value is -0.820. The van der Waals surface area contributed by atoms with Crippen LogP contribution in [0.25, 0.3) is 0 Å². The molecule has 2 heteroatoms. The molecule has 0 saturated heterocycles. The molecule has 0 aliphatic heterocycles. The number of ketones is 1. The Morgan fingerprint density at radius 1 is 1.20 bits per heavy atom. The van der Waals surface area contributed by atoms with Gasteiger partial charge in [0, 0.05) is 5.92 Å². The van der Waals surface area contributed by atoms with Gasteiger partial charge in [0.15, 0.2) is 5.78 Å². The minimum absolute atomic E-state index is 0.0935. The van der Waals surface area contributed by atoms with Crippen LogP contribution in [0, 0.1) is 12.8 Å². The molecule has 1 aromatic rings. The lowest BCUT2D eigenvalue weighted by Crippen LogP contribution is -2.18. The molecule has 0 amide bonds. The van der Waals surface area contributed by atoms with Crippen molar-refractivity contribution in [2.24, 2.45) is 5.92 Å². The minimum Gasteiger partial charge on any atom is -0.298 e. The second-order valence-corrected chi connectivity index (χ2v) is 5.96. The molecule has 0 radical (unpaired) electrons. The summed E-state index contributed by atoms with van der Waals surface area (Å²) in [4.78, 5) is 12.0. The van der Waals surface area contributed by atoms with Crippen molar-refractivity contribution in [2.45, 2.75) is 58.8 Å². The van der Waals surface area contributed by atoms with E-state index in [-0.39, 0.29) is 17.6 Å². The van der Waals surface area contributed by atoms with Gasteiger partial charge in [0.25, 0.3) is 0 Å². The molecule has 0 aliphatic carbocycles. The number of rotatable bonds is 10. The molecular formula is C18H27ClO. The van der Waals surface area contributed by atoms with Crippen molar-refractivity contribution in [3.05, 3.63) is 35.4 Å². The Bertz CT molecular complexity index is 400. The molecule has 0 saturated carbocycles. The number of benzene rings is 1. The highest BCUT2D eigenvalue weighted by Gasteiger charge is 2.17. The molecule has 0 heterocycles. The van der Waals surface area contributed by atoms with E-state index in [0.717, 1.165) is 19.3 Å². The van der Waals surface area contributed by atoms with Crippen LogP contribution in [0.2, 0.25) is 0 Å². The van der Waals surface area contributed by atoms with Gasteiger partial charge in [0.1, 0.15) is 0 Å². The molecule has 0 fully saturated rings. The fourth-order valence-corrected chi connectivity index (χ4v) is 2.82. The molecule has 0 bridgehead atoms. The van der Waals surface area contributed by atoms with Gasteiger partial charge < -0.3 is 0 Å². The summed E-state index contributed by atoms with van der Waals surface area (Å²) < 4.78 is 0. The molecule has 1 rings (SSSR count). The highest BCUT2D eigenvalue weighted by atomic mass is 35.5. The Balaban J connectivity index is 2.49. The first kappa shape index (κ1) is 17.2. The third-order valence-electron chi connectivity index (χ3n) is 3.81. The maximum absolute atomic E-state index is 12.0. The maximum Gasteiger partial charge on any atom is 0.150 e. The van der Waals surface area contributed by atoms with Gasteiger partial charge >= 0.3 is 0 Å². The van der Waals surface area contributed by atoms with Crippen molar-refractivity contribution in [3.8, 4) is 0 Å². The highest BCUT2D eigenvalue weighted by molar-refractivity contribution is 6.27. The number of alkyl halides is 1. The number of Topliss-reactive ketones (excluding diaryl/α,β-unsaturated/α-hetero) is 1. The van der Waals surface area contributed by atoms with E-state index in [2.05, 4.69) is 38.1 Å². The first-order valence-electron chi connectivity index (χ1n) is 7.81. The van der Waals surface area contributed by atoms with E-state index in [1.165, 1.54) is 36.8 Å². The smallest absolute Gasteiger partial charge is 0.150 e. The monoisotopic (exact) mass is 294 g/mol. The first-order chi connectivity index (χ1) is 9.67. The number of aryl methyl sites for hydroxylation is 1. The van der Waals surface area contributed by atoms with Crippen LogP contribution >= 0.6 is 11.6 Å². The van der Waals surface area contributed by atoms with Gasteiger partial charge in [-0.05, 0) is 25.3 Å². The maximum atomic E-state index is 12.0. The van der Waals surface area contributed by atoms with Crippen LogP contribution in [0.1, 0.15) is 56.6 Å². The van der Waals surface area contributed by atoms with E-state index >= 15 is 0 Å². The van der Waals surface area contributed by atoms with Gasteiger partial charge in [-0.25, -0.2) is 0 Å². The quantitative estimate of drug-likeness (QED) is 0.421. The van der Waals surface area contributed by atoms with Gasteiger partial charge in [0.2, 0.25) is 0 Å². The normalized spacial score (nSPS) is 12.3. The third kappa shape index (κ3) is 6.56. The first-order valence-corrected chi connectivity index (χ1v) is 8.35. The van der Waals surface area contributed by atoms with Crippen LogP contribution in [0.4, 0.5) is 0 Å². The summed E-state index contributed by atoms with van der Waals surface area (Å²) in [5, 5.41) is 0. The Morgan fingerprint density at radius 3 is 2.60 bits per heavy atom. The minimum atomic E-state index is 0.0935. The number of carbonyl (C=O) groups is 1. The van der Waals surface area contributed by atoms with Crippen molar-refractivity contribution < 1.29 is 4.79 Å². The average Bonchev–Trinajstić information content (AvgIpc) is 2.45. The standard InChI is InChI=1S/C18H27ClO/c1-3-4-5-6-7-11-17(18(20)14-19)13-16-10-8-9-15(2)12-16/h8-10,12,17H,3-7,11,13-14H2,1-2H3. The lowest BCUT2D eigenvalue weighted by atomic mass is 9.90. The van der Waals surface area contributed by atoms with Gasteiger partial charge in [0.05, 0.1) is 5.88 Å². The topological polar surface area (TPSA) is 17.1 Å². The summed E-state index contributed by atoms with van der Waals surface area (Å²) in [5.41, 5.74) is 2.50. The summed E-state index contributed by atoms with van der Waals surface area (Å²) in [6, 6.07) is 8.44. The van der Waals surface area contributed by atoms with Gasteiger partial charge in [-0.15, -0.1) is 11.6 Å². The van der Waals surface area contributed by atoms with Crippen LogP contribution in [0.5, 0.6) is 0 Å². The second-order valence-electron chi connectivity index (χ2n) is 5.69. The third-order valence-corrected chi connectivity index (χ3v) is 4.07. The van der Waals surface area contributed by atoms with E-state index in [0.29, 0.717) is 0 Å². The van der Waals surface area contributed by atoms with Crippen LogP contribution in [-0.4, -0.2) is 11.7 Å². The molecule has 20 heavy (non-hydrogen) atoms. The van der Waals surface area contributed by atoms with E-state index in [1.54, 1.807) is 0 Å². The molecule has 0 N–H and O–H groups in total. The van der Waals surface area contributed by atoms with Crippen molar-refractivity contribution in [1.29, 1.82) is 0 Å². The SMILES string of the molecule is CCCCCCCC(Cc1cccc(C)c1)C(=O)CCl. The van der Waals surface area contributed by atoms with Gasteiger partial charge in [-0.2, -0.15) is 0 Å². The number of unbranched alkanes of at least 4 members (excludes halogenated alkanes) is 4. The zero-order valence-corrected chi connectivity index (χ0v) is 13.6. The molecule has 1 nitrogen and oxygen atoms in total. The summed E-state index contributed by atoms with van der Waals surface area (Å²) in [6.45, 7) is 4.31. The predicted octanol–water partition coefficient (Wildman–Crippen LogP) is 5.32. The molecule has 1 aromatic carbocycles. The largest absolute Gasteiger partial charge is 0.298 e. The fourth-order valence-electron chi connectivity index (χ4n) is 2.60. The average molecular weight is 295 g/mol. The molecule has 0 aromatic heterocycles. The van der Waals surface area contributed by atoms with Crippen LogP contribution in [0.15, 0.2) is 24.3 Å². The Morgan fingerprint density at radius 2 is 1.95 bits per heavy atom. The highest BCUT2D eigenvalue weighted by Crippen LogP contribution is 2.19. The molecule has 0 aliphatic rings. The number of hydrogen-bond donors (Lipinski definition) is 0. The van der Waals surface area contributed by atoms with E-state index in [4.69, 9.17) is 11.6 Å². The van der Waals surface area contributed by atoms with E-state index in [1.807, 2.05) is 0 Å².